The fourth-order valence-electron chi connectivity index (χ4n) is 1.47. The first-order valence-corrected chi connectivity index (χ1v) is 7.61. The Morgan fingerprint density at radius 3 is 2.76 bits per heavy atom. The van der Waals surface area contributed by atoms with Crippen molar-refractivity contribution in [2.45, 2.75) is 24.3 Å². The zero-order chi connectivity index (χ0) is 15.6. The molecule has 0 aliphatic heterocycles. The van der Waals surface area contributed by atoms with E-state index in [9.17, 15) is 4.79 Å². The predicted octanol–water partition coefficient (Wildman–Crippen LogP) is 2.73. The molecule has 1 heterocycles. The van der Waals surface area contributed by atoms with Crippen LogP contribution in [0.2, 0.25) is 10.0 Å². The molecule has 3 N–H and O–H groups in total. The molecule has 1 unspecified atom stereocenters. The molecule has 9 heteroatoms. The first-order valence-electron chi connectivity index (χ1n) is 5.98. The van der Waals surface area contributed by atoms with Crippen LogP contribution in [0.3, 0.4) is 0 Å². The van der Waals surface area contributed by atoms with Crippen LogP contribution in [0.5, 0.6) is 0 Å². The van der Waals surface area contributed by atoms with Crippen LogP contribution in [-0.4, -0.2) is 26.0 Å². The molecular weight excluding hydrogens is 333 g/mol. The normalized spacial score (nSPS) is 12.2. The number of aryl methyl sites for hydroxylation is 1. The number of carbonyl (C=O) groups excluding carboxylic acids is 1. The van der Waals surface area contributed by atoms with Gasteiger partial charge in [0.25, 0.3) is 0 Å². The van der Waals surface area contributed by atoms with E-state index in [0.717, 1.165) is 0 Å². The Bertz CT molecular complexity index is 676. The number of amides is 1. The summed E-state index contributed by atoms with van der Waals surface area (Å²) in [5, 5.41) is 11.4. The highest BCUT2D eigenvalue weighted by molar-refractivity contribution is 8.00. The Kier molecular flexibility index (Phi) is 4.97. The van der Waals surface area contributed by atoms with Gasteiger partial charge in [0.1, 0.15) is 5.82 Å². The second kappa shape index (κ2) is 6.55. The van der Waals surface area contributed by atoms with Gasteiger partial charge in [0.2, 0.25) is 11.1 Å². The lowest BCUT2D eigenvalue weighted by atomic mass is 10.3. The van der Waals surface area contributed by atoms with Gasteiger partial charge in [0, 0.05) is 5.02 Å². The quantitative estimate of drug-likeness (QED) is 0.657. The third-order valence-corrected chi connectivity index (χ3v) is 4.29. The largest absolute Gasteiger partial charge is 0.336 e. The van der Waals surface area contributed by atoms with E-state index in [4.69, 9.17) is 29.0 Å². The SMILES string of the molecule is Cc1nnc(SC(C)C(=O)Nc2cc(Cl)ccc2Cl)n1N. The fourth-order valence-corrected chi connectivity index (χ4v) is 2.62. The lowest BCUT2D eigenvalue weighted by Crippen LogP contribution is -2.23. The van der Waals surface area contributed by atoms with Crippen LogP contribution >= 0.6 is 35.0 Å². The lowest BCUT2D eigenvalue weighted by molar-refractivity contribution is -0.115. The van der Waals surface area contributed by atoms with E-state index in [0.29, 0.717) is 26.7 Å². The molecule has 112 valence electrons. The van der Waals surface area contributed by atoms with Crippen molar-refractivity contribution in [3.63, 3.8) is 0 Å². The van der Waals surface area contributed by atoms with Gasteiger partial charge in [-0.15, -0.1) is 10.2 Å². The number of thioether (sulfide) groups is 1. The number of carbonyl (C=O) groups is 1. The molecule has 1 aromatic heterocycles. The summed E-state index contributed by atoms with van der Waals surface area (Å²) in [7, 11) is 0. The van der Waals surface area contributed by atoms with Crippen molar-refractivity contribution in [2.75, 3.05) is 11.2 Å². The molecule has 0 aliphatic carbocycles. The summed E-state index contributed by atoms with van der Waals surface area (Å²) < 4.78 is 1.33. The summed E-state index contributed by atoms with van der Waals surface area (Å²) in [6, 6.07) is 4.86. The number of nitrogens with two attached hydrogens (primary N) is 1. The van der Waals surface area contributed by atoms with Gasteiger partial charge in [-0.3, -0.25) is 4.79 Å². The molecule has 1 aromatic carbocycles. The minimum atomic E-state index is -0.425. The standard InChI is InChI=1S/C12H13Cl2N5OS/c1-6(21-12-18-17-7(2)19(12)15)11(20)16-10-5-8(13)3-4-9(10)14/h3-6H,15H2,1-2H3,(H,16,20). The van der Waals surface area contributed by atoms with E-state index in [1.165, 1.54) is 16.4 Å². The van der Waals surface area contributed by atoms with Crippen molar-refractivity contribution in [1.82, 2.24) is 14.9 Å². The second-order valence-electron chi connectivity index (χ2n) is 4.27. The van der Waals surface area contributed by atoms with E-state index in [1.54, 1.807) is 32.0 Å². The summed E-state index contributed by atoms with van der Waals surface area (Å²) in [5.74, 6) is 6.09. The molecule has 6 nitrogen and oxygen atoms in total. The Morgan fingerprint density at radius 2 is 2.14 bits per heavy atom. The van der Waals surface area contributed by atoms with E-state index in [-0.39, 0.29) is 5.91 Å². The lowest BCUT2D eigenvalue weighted by Gasteiger charge is -2.12. The van der Waals surface area contributed by atoms with Crippen LogP contribution < -0.4 is 11.2 Å². The molecule has 1 amide bonds. The van der Waals surface area contributed by atoms with Gasteiger partial charge < -0.3 is 11.2 Å². The third kappa shape index (κ3) is 3.81. The number of hydrogen-bond donors (Lipinski definition) is 2. The molecule has 0 fully saturated rings. The second-order valence-corrected chi connectivity index (χ2v) is 6.42. The number of nitrogens with zero attached hydrogens (tertiary/aromatic N) is 3. The van der Waals surface area contributed by atoms with Crippen LogP contribution in [0, 0.1) is 6.92 Å². The molecule has 1 atom stereocenters. The van der Waals surface area contributed by atoms with E-state index < -0.39 is 5.25 Å². The Hall–Kier alpha value is -1.44. The van der Waals surface area contributed by atoms with E-state index in [1.807, 2.05) is 0 Å². The van der Waals surface area contributed by atoms with Gasteiger partial charge in [-0.1, -0.05) is 35.0 Å². The topological polar surface area (TPSA) is 85.8 Å². The van der Waals surface area contributed by atoms with Crippen molar-refractivity contribution in [3.05, 3.63) is 34.1 Å². The summed E-state index contributed by atoms with van der Waals surface area (Å²) in [5.41, 5.74) is 0.465. The van der Waals surface area contributed by atoms with E-state index >= 15 is 0 Å². The monoisotopic (exact) mass is 345 g/mol. The van der Waals surface area contributed by atoms with Crippen LogP contribution in [0.15, 0.2) is 23.4 Å². The Balaban J connectivity index is 2.06. The number of anilines is 1. The molecule has 2 rings (SSSR count). The molecule has 0 bridgehead atoms. The van der Waals surface area contributed by atoms with Crippen molar-refractivity contribution in [1.29, 1.82) is 0 Å². The summed E-state index contributed by atoms with van der Waals surface area (Å²) in [6.07, 6.45) is 0. The van der Waals surface area contributed by atoms with Crippen LogP contribution in [-0.2, 0) is 4.79 Å². The van der Waals surface area contributed by atoms with Gasteiger partial charge in [0.15, 0.2) is 0 Å². The fraction of sp³-hybridized carbons (Fsp3) is 0.250. The molecule has 0 radical (unpaired) electrons. The summed E-state index contributed by atoms with van der Waals surface area (Å²) >= 11 is 13.1. The molecule has 0 spiro atoms. The van der Waals surface area contributed by atoms with Crippen molar-refractivity contribution in [3.8, 4) is 0 Å². The summed E-state index contributed by atoms with van der Waals surface area (Å²) in [6.45, 7) is 3.47. The number of hydrogen-bond acceptors (Lipinski definition) is 5. The first kappa shape index (κ1) is 15.9. The van der Waals surface area contributed by atoms with Crippen molar-refractivity contribution < 1.29 is 4.79 Å². The zero-order valence-electron chi connectivity index (χ0n) is 11.3. The molecule has 0 aliphatic rings. The van der Waals surface area contributed by atoms with Crippen molar-refractivity contribution >= 4 is 46.6 Å². The number of nitrogens with one attached hydrogen (secondary N) is 1. The Labute approximate surface area is 136 Å². The maximum atomic E-state index is 12.2. The molecular formula is C12H13Cl2N5OS. The van der Waals surface area contributed by atoms with Crippen molar-refractivity contribution in [2.24, 2.45) is 0 Å². The minimum absolute atomic E-state index is 0.232. The molecule has 2 aromatic rings. The van der Waals surface area contributed by atoms with Gasteiger partial charge in [-0.2, -0.15) is 0 Å². The third-order valence-electron chi connectivity index (χ3n) is 2.67. The summed E-state index contributed by atoms with van der Waals surface area (Å²) in [4.78, 5) is 12.2. The van der Waals surface area contributed by atoms with Gasteiger partial charge >= 0.3 is 0 Å². The number of aromatic nitrogens is 3. The Morgan fingerprint density at radius 1 is 1.43 bits per heavy atom. The molecule has 0 saturated heterocycles. The average molecular weight is 346 g/mol. The van der Waals surface area contributed by atoms with Crippen LogP contribution in [0.1, 0.15) is 12.7 Å². The smallest absolute Gasteiger partial charge is 0.237 e. The number of halogens is 2. The van der Waals surface area contributed by atoms with Gasteiger partial charge in [-0.25, -0.2) is 4.68 Å². The average Bonchev–Trinajstić information content (AvgIpc) is 2.74. The molecule has 0 saturated carbocycles. The number of nitrogen functional groups attached to an aromatic ring is 1. The number of rotatable bonds is 4. The predicted molar refractivity (Wildman–Crippen MR) is 85.3 cm³/mol. The minimum Gasteiger partial charge on any atom is -0.336 e. The highest BCUT2D eigenvalue weighted by Gasteiger charge is 2.19. The van der Waals surface area contributed by atoms with Gasteiger partial charge in [-0.05, 0) is 32.0 Å². The highest BCUT2D eigenvalue weighted by Crippen LogP contribution is 2.27. The highest BCUT2D eigenvalue weighted by atomic mass is 35.5. The zero-order valence-corrected chi connectivity index (χ0v) is 13.6. The van der Waals surface area contributed by atoms with E-state index in [2.05, 4.69) is 15.5 Å². The van der Waals surface area contributed by atoms with Gasteiger partial charge in [0.05, 0.1) is 16.0 Å². The van der Waals surface area contributed by atoms with Crippen LogP contribution in [0.4, 0.5) is 5.69 Å². The maximum absolute atomic E-state index is 12.2. The number of benzene rings is 1. The maximum Gasteiger partial charge on any atom is 0.237 e. The molecule has 21 heavy (non-hydrogen) atoms. The van der Waals surface area contributed by atoms with Crippen LogP contribution in [0.25, 0.3) is 0 Å². The first-order chi connectivity index (χ1) is 9.88.